The Morgan fingerprint density at radius 1 is 1.15 bits per heavy atom. The van der Waals surface area contributed by atoms with Gasteiger partial charge < -0.3 is 5.32 Å². The number of nitrogens with one attached hydrogen (secondary N) is 1. The molecule has 1 unspecified atom stereocenters. The number of hydrogen-bond acceptors (Lipinski definition) is 1. The van der Waals surface area contributed by atoms with Crippen molar-refractivity contribution in [2.24, 2.45) is 0 Å². The molecule has 0 aliphatic heterocycles. The van der Waals surface area contributed by atoms with Gasteiger partial charge in [0.2, 0.25) is 0 Å². The average Bonchev–Trinajstić information content (AvgIpc) is 2.47. The fourth-order valence-electron chi connectivity index (χ4n) is 1.94. The van der Waals surface area contributed by atoms with E-state index in [0.717, 1.165) is 6.42 Å². The third-order valence-corrected chi connectivity index (χ3v) is 3.95. The van der Waals surface area contributed by atoms with Crippen molar-refractivity contribution >= 4 is 33.4 Å². The molecule has 2 aromatic carbocycles. The molecule has 0 aliphatic carbocycles. The highest BCUT2D eigenvalue weighted by Gasteiger charge is 2.13. The van der Waals surface area contributed by atoms with Crippen molar-refractivity contribution in [3.8, 4) is 0 Å². The van der Waals surface area contributed by atoms with Gasteiger partial charge in [0.05, 0.1) is 0 Å². The molecule has 2 nitrogen and oxygen atoms in total. The van der Waals surface area contributed by atoms with Crippen LogP contribution in [0.15, 0.2) is 54.6 Å². The summed E-state index contributed by atoms with van der Waals surface area (Å²) in [5, 5.41) is 4.28. The molecule has 0 saturated heterocycles. The first-order valence-electron chi connectivity index (χ1n) is 6.35. The molecule has 104 valence electrons. The molecule has 0 aromatic heterocycles. The van der Waals surface area contributed by atoms with Crippen molar-refractivity contribution in [3.63, 3.8) is 0 Å². The number of alkyl halides is 1. The second kappa shape index (κ2) is 7.46. The third-order valence-electron chi connectivity index (χ3n) is 2.93. The second-order valence-electron chi connectivity index (χ2n) is 4.52. The highest BCUT2D eigenvalue weighted by Crippen LogP contribution is 2.11. The van der Waals surface area contributed by atoms with Crippen LogP contribution in [0.4, 0.5) is 0 Å². The summed E-state index contributed by atoms with van der Waals surface area (Å²) in [6.45, 7) is 0. The van der Waals surface area contributed by atoms with Crippen LogP contribution in [0.3, 0.4) is 0 Å². The molecule has 1 atom stereocenters. The van der Waals surface area contributed by atoms with Gasteiger partial charge >= 0.3 is 0 Å². The molecule has 1 amide bonds. The van der Waals surface area contributed by atoms with Crippen molar-refractivity contribution in [1.29, 1.82) is 0 Å². The SMILES string of the molecule is O=C(NC(CBr)Cc1ccccc1)c1cccc(Cl)c1. The van der Waals surface area contributed by atoms with E-state index in [9.17, 15) is 4.79 Å². The van der Waals surface area contributed by atoms with E-state index in [4.69, 9.17) is 11.6 Å². The largest absolute Gasteiger partial charge is 0.348 e. The van der Waals surface area contributed by atoms with Crippen molar-refractivity contribution in [2.75, 3.05) is 5.33 Å². The fraction of sp³-hybridized carbons (Fsp3) is 0.188. The maximum Gasteiger partial charge on any atom is 0.251 e. The summed E-state index contributed by atoms with van der Waals surface area (Å²) >= 11 is 9.35. The van der Waals surface area contributed by atoms with Crippen molar-refractivity contribution < 1.29 is 4.79 Å². The zero-order chi connectivity index (χ0) is 14.4. The fourth-order valence-corrected chi connectivity index (χ4v) is 2.52. The minimum atomic E-state index is -0.104. The van der Waals surface area contributed by atoms with E-state index in [1.807, 2.05) is 18.2 Å². The molecule has 2 rings (SSSR count). The van der Waals surface area contributed by atoms with Crippen molar-refractivity contribution in [1.82, 2.24) is 5.32 Å². The number of rotatable bonds is 5. The minimum absolute atomic E-state index is 0.0453. The van der Waals surface area contributed by atoms with Gasteiger partial charge in [-0.3, -0.25) is 4.79 Å². The monoisotopic (exact) mass is 351 g/mol. The molecule has 0 saturated carbocycles. The maximum absolute atomic E-state index is 12.2. The van der Waals surface area contributed by atoms with E-state index in [2.05, 4.69) is 33.4 Å². The standard InChI is InChI=1S/C16H15BrClNO/c17-11-15(9-12-5-2-1-3-6-12)19-16(20)13-7-4-8-14(18)10-13/h1-8,10,15H,9,11H2,(H,19,20). The number of hydrogen-bond donors (Lipinski definition) is 1. The summed E-state index contributed by atoms with van der Waals surface area (Å²) in [5.74, 6) is -0.104. The molecule has 0 heterocycles. The van der Waals surface area contributed by atoms with Crippen LogP contribution in [0.5, 0.6) is 0 Å². The lowest BCUT2D eigenvalue weighted by Gasteiger charge is -2.16. The first-order chi connectivity index (χ1) is 9.69. The van der Waals surface area contributed by atoms with Crippen LogP contribution < -0.4 is 5.32 Å². The van der Waals surface area contributed by atoms with Gasteiger partial charge in [-0.1, -0.05) is 63.9 Å². The smallest absolute Gasteiger partial charge is 0.251 e. The van der Waals surface area contributed by atoms with E-state index in [1.54, 1.807) is 24.3 Å². The van der Waals surface area contributed by atoms with Crippen LogP contribution in [-0.4, -0.2) is 17.3 Å². The van der Waals surface area contributed by atoms with E-state index in [0.29, 0.717) is 15.9 Å². The molecule has 0 radical (unpaired) electrons. The topological polar surface area (TPSA) is 29.1 Å². The van der Waals surface area contributed by atoms with Gasteiger partial charge in [0, 0.05) is 22.0 Å². The molecule has 0 fully saturated rings. The predicted molar refractivity (Wildman–Crippen MR) is 86.6 cm³/mol. The summed E-state index contributed by atoms with van der Waals surface area (Å²) in [4.78, 5) is 12.2. The van der Waals surface area contributed by atoms with Crippen LogP contribution in [0.2, 0.25) is 5.02 Å². The Morgan fingerprint density at radius 2 is 1.90 bits per heavy atom. The number of carbonyl (C=O) groups is 1. The van der Waals surface area contributed by atoms with Gasteiger partial charge in [-0.15, -0.1) is 0 Å². The lowest BCUT2D eigenvalue weighted by molar-refractivity contribution is 0.0941. The zero-order valence-electron chi connectivity index (χ0n) is 10.9. The lowest BCUT2D eigenvalue weighted by atomic mass is 10.1. The summed E-state index contributed by atoms with van der Waals surface area (Å²) in [7, 11) is 0. The van der Waals surface area contributed by atoms with Crippen LogP contribution in [0.1, 0.15) is 15.9 Å². The number of carbonyl (C=O) groups excluding carboxylic acids is 1. The van der Waals surface area contributed by atoms with Gasteiger partial charge in [0.1, 0.15) is 0 Å². The van der Waals surface area contributed by atoms with Gasteiger partial charge in [-0.2, -0.15) is 0 Å². The van der Waals surface area contributed by atoms with Crippen LogP contribution in [0, 0.1) is 0 Å². The minimum Gasteiger partial charge on any atom is -0.348 e. The molecule has 20 heavy (non-hydrogen) atoms. The van der Waals surface area contributed by atoms with Crippen molar-refractivity contribution in [2.45, 2.75) is 12.5 Å². The summed E-state index contributed by atoms with van der Waals surface area (Å²) in [6.07, 6.45) is 0.790. The Balaban J connectivity index is 2.01. The second-order valence-corrected chi connectivity index (χ2v) is 5.61. The third kappa shape index (κ3) is 4.36. The van der Waals surface area contributed by atoms with E-state index in [1.165, 1.54) is 5.56 Å². The van der Waals surface area contributed by atoms with Gasteiger partial charge in [0.15, 0.2) is 0 Å². The zero-order valence-corrected chi connectivity index (χ0v) is 13.2. The van der Waals surface area contributed by atoms with Crippen LogP contribution >= 0.6 is 27.5 Å². The summed E-state index contributed by atoms with van der Waals surface area (Å²) < 4.78 is 0. The Bertz CT molecular complexity index is 574. The van der Waals surface area contributed by atoms with Gasteiger partial charge in [-0.25, -0.2) is 0 Å². The van der Waals surface area contributed by atoms with E-state index >= 15 is 0 Å². The summed E-state index contributed by atoms with van der Waals surface area (Å²) in [6, 6.07) is 17.1. The first kappa shape index (κ1) is 15.1. The number of halogens is 2. The lowest BCUT2D eigenvalue weighted by Crippen LogP contribution is -2.37. The predicted octanol–water partition coefficient (Wildman–Crippen LogP) is 4.08. The van der Waals surface area contributed by atoms with Crippen molar-refractivity contribution in [3.05, 3.63) is 70.7 Å². The quantitative estimate of drug-likeness (QED) is 0.807. The Labute approximate surface area is 132 Å². The number of benzene rings is 2. The van der Waals surface area contributed by atoms with Crippen LogP contribution in [-0.2, 0) is 6.42 Å². The number of amides is 1. The normalized spacial score (nSPS) is 11.9. The highest BCUT2D eigenvalue weighted by molar-refractivity contribution is 9.09. The molecule has 4 heteroatoms. The van der Waals surface area contributed by atoms with E-state index < -0.39 is 0 Å². The highest BCUT2D eigenvalue weighted by atomic mass is 79.9. The maximum atomic E-state index is 12.2. The van der Waals surface area contributed by atoms with Crippen LogP contribution in [0.25, 0.3) is 0 Å². The first-order valence-corrected chi connectivity index (χ1v) is 7.85. The molecule has 1 N–H and O–H groups in total. The Kier molecular flexibility index (Phi) is 5.62. The molecule has 0 bridgehead atoms. The van der Waals surface area contributed by atoms with Gasteiger partial charge in [0.25, 0.3) is 5.91 Å². The van der Waals surface area contributed by atoms with Gasteiger partial charge in [-0.05, 0) is 30.2 Å². The molecule has 0 aliphatic rings. The molecule has 0 spiro atoms. The average molecular weight is 353 g/mol. The Morgan fingerprint density at radius 3 is 2.55 bits per heavy atom. The molecule has 2 aromatic rings. The summed E-state index contributed by atoms with van der Waals surface area (Å²) in [5.41, 5.74) is 1.78. The molecular formula is C16H15BrClNO. The Hall–Kier alpha value is -1.32. The van der Waals surface area contributed by atoms with E-state index in [-0.39, 0.29) is 11.9 Å². The molecular weight excluding hydrogens is 338 g/mol.